The molecule has 3 fully saturated rings. The summed E-state index contributed by atoms with van der Waals surface area (Å²) in [4.78, 5) is 69.5. The molecule has 1 saturated heterocycles. The molecule has 2 aliphatic heterocycles. The molecule has 15 nitrogen and oxygen atoms in total. The van der Waals surface area contributed by atoms with Crippen LogP contribution in [0.3, 0.4) is 0 Å². The number of fused-ring (bicyclic) bond motifs is 5. The summed E-state index contributed by atoms with van der Waals surface area (Å²) in [5, 5.41) is 5.32. The third-order valence-electron chi connectivity index (χ3n) is 11.0. The van der Waals surface area contributed by atoms with Crippen LogP contribution in [0.15, 0.2) is 59.2 Å². The summed E-state index contributed by atoms with van der Waals surface area (Å²) >= 11 is 0. The van der Waals surface area contributed by atoms with E-state index < -0.39 is 80.3 Å². The van der Waals surface area contributed by atoms with Gasteiger partial charge in [0, 0.05) is 31.0 Å². The Morgan fingerprint density at radius 2 is 1.83 bits per heavy atom. The molecular formula is C39H40F3N7O8S. The van der Waals surface area contributed by atoms with E-state index in [1.165, 1.54) is 30.2 Å². The lowest BCUT2D eigenvalue weighted by Crippen LogP contribution is -2.58. The number of furan rings is 1. The zero-order valence-electron chi connectivity index (χ0n) is 31.3. The largest absolute Gasteiger partial charge is 0.470 e. The topological polar surface area (TPSA) is 203 Å². The van der Waals surface area contributed by atoms with Crippen LogP contribution in [0.5, 0.6) is 5.88 Å². The minimum atomic E-state index is -4.57. The first-order chi connectivity index (χ1) is 27.6. The van der Waals surface area contributed by atoms with Crippen LogP contribution >= 0.6 is 0 Å². The van der Waals surface area contributed by atoms with Crippen molar-refractivity contribution in [3.05, 3.63) is 60.3 Å². The van der Waals surface area contributed by atoms with Crippen molar-refractivity contribution in [1.29, 1.82) is 0 Å². The van der Waals surface area contributed by atoms with E-state index in [9.17, 15) is 40.8 Å². The van der Waals surface area contributed by atoms with Crippen LogP contribution in [0.4, 0.5) is 13.2 Å². The van der Waals surface area contributed by atoms with Crippen LogP contribution in [-0.2, 0) is 35.4 Å². The van der Waals surface area contributed by atoms with Crippen molar-refractivity contribution in [2.24, 2.45) is 5.92 Å². The molecule has 306 valence electrons. The molecule has 4 amide bonds. The number of alkyl halides is 3. The quantitative estimate of drug-likeness (QED) is 0.224. The van der Waals surface area contributed by atoms with E-state index in [1.807, 2.05) is 12.2 Å². The molecule has 0 bridgehead atoms. The van der Waals surface area contributed by atoms with E-state index in [-0.39, 0.29) is 53.5 Å². The molecule has 2 saturated carbocycles. The number of rotatable bonds is 7. The van der Waals surface area contributed by atoms with Crippen LogP contribution in [0.2, 0.25) is 0 Å². The van der Waals surface area contributed by atoms with Crippen molar-refractivity contribution >= 4 is 55.9 Å². The van der Waals surface area contributed by atoms with Gasteiger partial charge in [-0.25, -0.2) is 18.4 Å². The molecule has 0 unspecified atom stereocenters. The molecule has 8 rings (SSSR count). The van der Waals surface area contributed by atoms with E-state index in [0.29, 0.717) is 37.5 Å². The fraction of sp³-hybridized carbons (Fsp3) is 0.462. The number of hydrogen-bond donors (Lipinski definition) is 3. The predicted molar refractivity (Wildman–Crippen MR) is 201 cm³/mol. The summed E-state index contributed by atoms with van der Waals surface area (Å²) in [5.74, 6) is -3.19. The van der Waals surface area contributed by atoms with E-state index in [4.69, 9.17) is 9.15 Å². The van der Waals surface area contributed by atoms with Gasteiger partial charge in [0.1, 0.15) is 29.2 Å². The zero-order chi connectivity index (χ0) is 41.0. The fourth-order valence-electron chi connectivity index (χ4n) is 7.72. The van der Waals surface area contributed by atoms with Crippen molar-refractivity contribution < 1.29 is 49.9 Å². The minimum absolute atomic E-state index is 0.0112. The average molecular weight is 824 g/mol. The number of carbonyl (C=O) groups is 4. The van der Waals surface area contributed by atoms with Gasteiger partial charge in [0.25, 0.3) is 11.8 Å². The SMILES string of the molecule is CC(=O)N[C@H]1CCCCC/C=C\[C@@H]2C[C@@]2(C(=O)NS(=O)(=O)C2CC2)NC(=O)[C@@H]2C[C@@H](Oc3nc(-c4ccc(C(F)(F)F)cc4)nc4c3oc3ncccc34)CN2C1=O. The number of benzene rings is 1. The Morgan fingerprint density at radius 1 is 1.05 bits per heavy atom. The Labute approximate surface area is 330 Å². The van der Waals surface area contributed by atoms with Gasteiger partial charge in [-0.05, 0) is 62.8 Å². The standard InChI is InChI=1S/C39H40F3N7O8S/c1-21(50)44-28-10-6-4-2-3-5-8-24-19-38(24,37(53)48-58(54,55)26-15-16-26)47-33(51)29-18-25(20-49(29)36(28)52)56-35-31-30(27-9-7-17-43-34(27)57-31)45-32(46-35)22-11-13-23(14-12-22)39(40,41)42/h5,7-9,11-14,17,24-26,28-29H,2-4,6,10,15-16,18-20H2,1H3,(H,44,50)(H,47,51)(H,48,53)/b8-5-/t24-,25-,28+,29+,38-/m1/s1. The number of ether oxygens (including phenoxy) is 1. The highest BCUT2D eigenvalue weighted by molar-refractivity contribution is 7.91. The number of sulfonamides is 1. The van der Waals surface area contributed by atoms with Crippen molar-refractivity contribution in [2.75, 3.05) is 6.54 Å². The lowest BCUT2D eigenvalue weighted by molar-refractivity contribution is -0.142. The summed E-state index contributed by atoms with van der Waals surface area (Å²) < 4.78 is 80.5. The monoisotopic (exact) mass is 823 g/mol. The van der Waals surface area contributed by atoms with Crippen LogP contribution in [0, 0.1) is 5.92 Å². The molecule has 4 aromatic rings. The van der Waals surface area contributed by atoms with E-state index >= 15 is 0 Å². The van der Waals surface area contributed by atoms with Gasteiger partial charge in [-0.15, -0.1) is 0 Å². The van der Waals surface area contributed by atoms with Crippen molar-refractivity contribution in [3.8, 4) is 17.3 Å². The number of aromatic nitrogens is 3. The fourth-order valence-corrected chi connectivity index (χ4v) is 9.09. The Balaban J connectivity index is 1.14. The Bertz CT molecular complexity index is 2440. The highest BCUT2D eigenvalue weighted by Gasteiger charge is 2.62. The second kappa shape index (κ2) is 15.0. The number of nitrogens with one attached hydrogen (secondary N) is 3. The van der Waals surface area contributed by atoms with Crippen molar-refractivity contribution in [2.45, 2.75) is 99.9 Å². The molecule has 4 aliphatic rings. The maximum Gasteiger partial charge on any atom is 0.416 e. The minimum Gasteiger partial charge on any atom is -0.470 e. The number of allylic oxidation sites excluding steroid dienone is 1. The Hall–Kier alpha value is -5.59. The predicted octanol–water partition coefficient (Wildman–Crippen LogP) is 4.31. The first-order valence-electron chi connectivity index (χ1n) is 19.1. The zero-order valence-corrected chi connectivity index (χ0v) is 32.1. The lowest BCUT2D eigenvalue weighted by atomic mass is 10.0. The highest BCUT2D eigenvalue weighted by atomic mass is 32.2. The normalized spacial score (nSPS) is 26.2. The smallest absolute Gasteiger partial charge is 0.416 e. The molecular weight excluding hydrogens is 784 g/mol. The summed E-state index contributed by atoms with van der Waals surface area (Å²) in [5.41, 5.74) is -1.69. The van der Waals surface area contributed by atoms with Crippen LogP contribution in [0.1, 0.15) is 70.3 Å². The molecule has 5 atom stereocenters. The number of pyridine rings is 1. The van der Waals surface area contributed by atoms with E-state index in [0.717, 1.165) is 25.0 Å². The average Bonchev–Trinajstić information content (AvgIpc) is 4.08. The Kier molecular flexibility index (Phi) is 10.1. The van der Waals surface area contributed by atoms with E-state index in [2.05, 4.69) is 30.3 Å². The third kappa shape index (κ3) is 7.82. The van der Waals surface area contributed by atoms with Crippen molar-refractivity contribution in [3.63, 3.8) is 0 Å². The van der Waals surface area contributed by atoms with Gasteiger partial charge in [0.2, 0.25) is 39.0 Å². The number of hydrogen-bond acceptors (Lipinski definition) is 11. The maximum absolute atomic E-state index is 14.4. The first-order valence-corrected chi connectivity index (χ1v) is 20.7. The van der Waals surface area contributed by atoms with Gasteiger partial charge in [-0.3, -0.25) is 23.9 Å². The van der Waals surface area contributed by atoms with Crippen molar-refractivity contribution in [1.82, 2.24) is 35.2 Å². The van der Waals surface area contributed by atoms with Gasteiger partial charge in [-0.1, -0.05) is 37.1 Å². The number of amides is 4. The molecule has 58 heavy (non-hydrogen) atoms. The Morgan fingerprint density at radius 3 is 2.55 bits per heavy atom. The van der Waals surface area contributed by atoms with Crippen LogP contribution < -0.4 is 20.1 Å². The molecule has 3 N–H and O–H groups in total. The molecule has 3 aromatic heterocycles. The number of carbonyl (C=O) groups excluding carboxylic acids is 4. The van der Waals surface area contributed by atoms with Gasteiger partial charge in [0.05, 0.1) is 22.7 Å². The first kappa shape index (κ1) is 39.2. The van der Waals surface area contributed by atoms with Crippen LogP contribution in [-0.4, -0.2) is 87.4 Å². The highest BCUT2D eigenvalue weighted by Crippen LogP contribution is 2.46. The van der Waals surface area contributed by atoms with Gasteiger partial charge in [0.15, 0.2) is 5.82 Å². The molecule has 2 aliphatic carbocycles. The van der Waals surface area contributed by atoms with Crippen LogP contribution in [0.25, 0.3) is 33.6 Å². The lowest BCUT2D eigenvalue weighted by Gasteiger charge is -2.29. The number of nitrogens with zero attached hydrogens (tertiary/aromatic N) is 4. The van der Waals surface area contributed by atoms with Gasteiger partial charge in [-0.2, -0.15) is 18.2 Å². The molecule has 19 heteroatoms. The second-order valence-corrected chi connectivity index (χ2v) is 17.3. The molecule has 0 spiro atoms. The summed E-state index contributed by atoms with van der Waals surface area (Å²) in [6.07, 6.45) is 3.61. The second-order valence-electron chi connectivity index (χ2n) is 15.3. The number of halogens is 3. The molecule has 5 heterocycles. The summed E-state index contributed by atoms with van der Waals surface area (Å²) in [6.45, 7) is 1.11. The third-order valence-corrected chi connectivity index (χ3v) is 12.8. The van der Waals surface area contributed by atoms with Gasteiger partial charge >= 0.3 is 6.18 Å². The summed E-state index contributed by atoms with van der Waals surface area (Å²) in [7, 11) is -3.95. The van der Waals surface area contributed by atoms with E-state index in [1.54, 1.807) is 12.1 Å². The van der Waals surface area contributed by atoms with Gasteiger partial charge < -0.3 is 24.7 Å². The molecule has 1 aromatic carbocycles. The summed E-state index contributed by atoms with van der Waals surface area (Å²) in [6, 6.07) is 5.40. The molecule has 0 radical (unpaired) electrons. The maximum atomic E-state index is 14.4.